The lowest BCUT2D eigenvalue weighted by Crippen LogP contribution is -2.27. The van der Waals surface area contributed by atoms with Crippen LogP contribution < -0.4 is 15.4 Å². The largest absolute Gasteiger partial charge is 0.468 e. The molecule has 0 aromatic carbocycles. The van der Waals surface area contributed by atoms with Crippen molar-refractivity contribution in [2.24, 2.45) is 5.92 Å². The van der Waals surface area contributed by atoms with Crippen LogP contribution in [0.4, 0.5) is 19.0 Å². The summed E-state index contributed by atoms with van der Waals surface area (Å²) in [5.41, 5.74) is 1.95. The van der Waals surface area contributed by atoms with E-state index in [-0.39, 0.29) is 23.6 Å². The molecule has 0 radical (unpaired) electrons. The zero-order chi connectivity index (χ0) is 22.8. The van der Waals surface area contributed by atoms with Crippen LogP contribution in [0.15, 0.2) is 24.4 Å². The fraction of sp³-hybridized carbons (Fsp3) is 0.429. The van der Waals surface area contributed by atoms with Crippen LogP contribution in [0.5, 0.6) is 5.88 Å². The number of carbonyl (C=O) groups excluding carboxylic acids is 2. The number of hydrogen-bond acceptors (Lipinski definition) is 5. The third-order valence-electron chi connectivity index (χ3n) is 4.69. The first kappa shape index (κ1) is 22.5. The molecule has 166 valence electrons. The summed E-state index contributed by atoms with van der Waals surface area (Å²) in [5, 5.41) is 5.55. The summed E-state index contributed by atoms with van der Waals surface area (Å²) in [5.74, 6) is -0.264. The van der Waals surface area contributed by atoms with Gasteiger partial charge in [-0.3, -0.25) is 9.59 Å². The van der Waals surface area contributed by atoms with Crippen molar-refractivity contribution in [2.45, 2.75) is 45.8 Å². The van der Waals surface area contributed by atoms with Crippen LogP contribution in [0.2, 0.25) is 0 Å². The monoisotopic (exact) mass is 436 g/mol. The van der Waals surface area contributed by atoms with E-state index in [1.807, 2.05) is 0 Å². The van der Waals surface area contributed by atoms with Gasteiger partial charge in [0, 0.05) is 28.9 Å². The van der Waals surface area contributed by atoms with Crippen molar-refractivity contribution in [1.82, 2.24) is 15.3 Å². The van der Waals surface area contributed by atoms with Gasteiger partial charge in [0.05, 0.1) is 6.04 Å². The zero-order valence-electron chi connectivity index (χ0n) is 17.3. The Balaban J connectivity index is 1.66. The smallest absolute Gasteiger partial charge is 0.422 e. The van der Waals surface area contributed by atoms with E-state index in [1.165, 1.54) is 12.3 Å². The van der Waals surface area contributed by atoms with Gasteiger partial charge in [0.1, 0.15) is 5.82 Å². The molecule has 0 aliphatic heterocycles. The van der Waals surface area contributed by atoms with Crippen LogP contribution in [0.3, 0.4) is 0 Å². The second kappa shape index (κ2) is 8.91. The minimum atomic E-state index is -4.45. The zero-order valence-corrected chi connectivity index (χ0v) is 17.3. The Morgan fingerprint density at radius 3 is 2.55 bits per heavy atom. The molecule has 2 aromatic heterocycles. The number of pyridine rings is 2. The minimum Gasteiger partial charge on any atom is -0.468 e. The molecule has 2 heterocycles. The van der Waals surface area contributed by atoms with E-state index in [1.54, 1.807) is 32.9 Å². The van der Waals surface area contributed by atoms with Gasteiger partial charge in [-0.1, -0.05) is 0 Å². The minimum absolute atomic E-state index is 0.0124. The molecule has 31 heavy (non-hydrogen) atoms. The molecule has 1 saturated carbocycles. The lowest BCUT2D eigenvalue weighted by molar-refractivity contribution is -0.154. The van der Waals surface area contributed by atoms with Crippen LogP contribution in [-0.4, -0.2) is 34.6 Å². The standard InChI is InChI=1S/C21H23F3N4O3/c1-11-6-16(9-25-20(11)31-10-21(22,23)24)13(3)27-19(30)15-7-12(2)26-17(8-15)28-18(29)14-4-5-14/h6-9,13-14H,4-5,10H2,1-3H3,(H,27,30)(H,26,28,29). The highest BCUT2D eigenvalue weighted by molar-refractivity contribution is 5.97. The highest BCUT2D eigenvalue weighted by Gasteiger charge is 2.30. The Labute approximate surface area is 177 Å². The predicted molar refractivity (Wildman–Crippen MR) is 107 cm³/mol. The quantitative estimate of drug-likeness (QED) is 0.687. The molecule has 0 spiro atoms. The van der Waals surface area contributed by atoms with Crippen molar-refractivity contribution in [1.29, 1.82) is 0 Å². The second-order valence-corrected chi connectivity index (χ2v) is 7.64. The molecule has 1 unspecified atom stereocenters. The molecule has 1 atom stereocenters. The highest BCUT2D eigenvalue weighted by atomic mass is 19.4. The first-order valence-corrected chi connectivity index (χ1v) is 9.78. The van der Waals surface area contributed by atoms with Gasteiger partial charge < -0.3 is 15.4 Å². The SMILES string of the molecule is Cc1cc(C(=O)NC(C)c2cnc(OCC(F)(F)F)c(C)c2)cc(NC(=O)C2CC2)n1. The first-order valence-electron chi connectivity index (χ1n) is 9.78. The van der Waals surface area contributed by atoms with E-state index in [0.717, 1.165) is 12.8 Å². The van der Waals surface area contributed by atoms with Crippen LogP contribution in [0.1, 0.15) is 53.0 Å². The lowest BCUT2D eigenvalue weighted by atomic mass is 10.1. The number of amides is 2. The fourth-order valence-electron chi connectivity index (χ4n) is 2.92. The summed E-state index contributed by atoms with van der Waals surface area (Å²) in [6.45, 7) is 3.61. The lowest BCUT2D eigenvalue weighted by Gasteiger charge is -2.17. The average molecular weight is 436 g/mol. The Morgan fingerprint density at radius 2 is 1.94 bits per heavy atom. The van der Waals surface area contributed by atoms with E-state index >= 15 is 0 Å². The molecule has 0 saturated heterocycles. The summed E-state index contributed by atoms with van der Waals surface area (Å²) < 4.78 is 41.7. The number of ether oxygens (including phenoxy) is 1. The number of carbonyl (C=O) groups is 2. The maximum atomic E-state index is 12.7. The Bertz CT molecular complexity index is 990. The predicted octanol–water partition coefficient (Wildman–Crippen LogP) is 3.87. The van der Waals surface area contributed by atoms with Gasteiger partial charge in [0.25, 0.3) is 5.91 Å². The Hall–Kier alpha value is -3.17. The van der Waals surface area contributed by atoms with Gasteiger partial charge in [0.2, 0.25) is 11.8 Å². The number of nitrogens with zero attached hydrogens (tertiary/aromatic N) is 2. The topological polar surface area (TPSA) is 93.2 Å². The molecule has 7 nitrogen and oxygen atoms in total. The normalized spacial score (nSPS) is 14.6. The van der Waals surface area contributed by atoms with Gasteiger partial charge >= 0.3 is 6.18 Å². The van der Waals surface area contributed by atoms with E-state index in [9.17, 15) is 22.8 Å². The molecule has 0 bridgehead atoms. The molecule has 10 heteroatoms. The summed E-state index contributed by atoms with van der Waals surface area (Å²) in [4.78, 5) is 32.8. The number of halogens is 3. The van der Waals surface area contributed by atoms with Crippen molar-refractivity contribution in [2.75, 3.05) is 11.9 Å². The van der Waals surface area contributed by atoms with Gasteiger partial charge in [-0.05, 0) is 57.4 Å². The maximum Gasteiger partial charge on any atom is 0.422 e. The number of rotatable bonds is 7. The van der Waals surface area contributed by atoms with E-state index in [0.29, 0.717) is 28.2 Å². The fourth-order valence-corrected chi connectivity index (χ4v) is 2.92. The summed E-state index contributed by atoms with van der Waals surface area (Å²) in [6, 6.07) is 4.26. The number of aryl methyl sites for hydroxylation is 2. The van der Waals surface area contributed by atoms with Crippen molar-refractivity contribution in [3.8, 4) is 5.88 Å². The molecule has 2 aromatic rings. The molecule has 1 aliphatic carbocycles. The number of alkyl halides is 3. The van der Waals surface area contributed by atoms with E-state index in [2.05, 4.69) is 20.6 Å². The first-order chi connectivity index (χ1) is 14.5. The third kappa shape index (κ3) is 6.40. The third-order valence-corrected chi connectivity index (χ3v) is 4.69. The van der Waals surface area contributed by atoms with Gasteiger partial charge in [0.15, 0.2) is 6.61 Å². The van der Waals surface area contributed by atoms with Crippen LogP contribution >= 0.6 is 0 Å². The van der Waals surface area contributed by atoms with Crippen molar-refractivity contribution in [3.05, 3.63) is 46.8 Å². The molecule has 1 fully saturated rings. The summed E-state index contributed by atoms with van der Waals surface area (Å²) >= 11 is 0. The Morgan fingerprint density at radius 1 is 1.23 bits per heavy atom. The average Bonchev–Trinajstić information content (AvgIpc) is 3.51. The van der Waals surface area contributed by atoms with E-state index < -0.39 is 18.8 Å². The second-order valence-electron chi connectivity index (χ2n) is 7.64. The van der Waals surface area contributed by atoms with Crippen molar-refractivity contribution >= 4 is 17.6 Å². The maximum absolute atomic E-state index is 12.7. The van der Waals surface area contributed by atoms with Gasteiger partial charge in [-0.25, -0.2) is 9.97 Å². The van der Waals surface area contributed by atoms with E-state index in [4.69, 9.17) is 4.74 Å². The Kier molecular flexibility index (Phi) is 6.47. The summed E-state index contributed by atoms with van der Waals surface area (Å²) in [7, 11) is 0. The molecular formula is C21H23F3N4O3. The molecule has 3 rings (SSSR count). The molecule has 1 aliphatic rings. The number of aromatic nitrogens is 2. The van der Waals surface area contributed by atoms with Gasteiger partial charge in [-0.15, -0.1) is 0 Å². The van der Waals surface area contributed by atoms with Gasteiger partial charge in [-0.2, -0.15) is 13.2 Å². The van der Waals surface area contributed by atoms with Crippen LogP contribution in [0, 0.1) is 19.8 Å². The number of nitrogens with one attached hydrogen (secondary N) is 2. The molecule has 2 N–H and O–H groups in total. The molecule has 2 amide bonds. The van der Waals surface area contributed by atoms with Crippen LogP contribution in [0.25, 0.3) is 0 Å². The van der Waals surface area contributed by atoms with Crippen molar-refractivity contribution in [3.63, 3.8) is 0 Å². The van der Waals surface area contributed by atoms with Crippen LogP contribution in [-0.2, 0) is 4.79 Å². The number of anilines is 1. The highest BCUT2D eigenvalue weighted by Crippen LogP contribution is 2.30. The number of hydrogen-bond donors (Lipinski definition) is 2. The summed E-state index contributed by atoms with van der Waals surface area (Å²) in [6.07, 6.45) is -1.37. The molecular weight excluding hydrogens is 413 g/mol. The van der Waals surface area contributed by atoms with Crippen molar-refractivity contribution < 1.29 is 27.5 Å².